The average Bonchev–Trinajstić information content (AvgIpc) is 2.45. The summed E-state index contributed by atoms with van der Waals surface area (Å²) in [7, 11) is 0. The van der Waals surface area contributed by atoms with Gasteiger partial charge in [-0.3, -0.25) is 4.79 Å². The average molecular weight is 275 g/mol. The van der Waals surface area contributed by atoms with Crippen molar-refractivity contribution >= 4 is 11.7 Å². The van der Waals surface area contributed by atoms with Gasteiger partial charge in [0, 0.05) is 12.1 Å². The molecule has 20 heavy (non-hydrogen) atoms. The molecule has 0 saturated carbocycles. The third-order valence-corrected chi connectivity index (χ3v) is 3.76. The molecule has 0 aliphatic heterocycles. The Hall–Kier alpha value is -1.64. The van der Waals surface area contributed by atoms with Gasteiger partial charge in [0.1, 0.15) is 6.61 Å². The predicted octanol–water partition coefficient (Wildman–Crippen LogP) is 4.21. The van der Waals surface area contributed by atoms with Gasteiger partial charge in [0.25, 0.3) is 0 Å². The third kappa shape index (κ3) is 5.16. The van der Waals surface area contributed by atoms with Crippen LogP contribution in [0.3, 0.4) is 0 Å². The van der Waals surface area contributed by atoms with Gasteiger partial charge in [-0.1, -0.05) is 50.6 Å². The zero-order valence-electron chi connectivity index (χ0n) is 12.7. The highest BCUT2D eigenvalue weighted by Gasteiger charge is 2.23. The Morgan fingerprint density at radius 1 is 1.20 bits per heavy atom. The normalized spacial score (nSPS) is 13.6. The fraction of sp³-hybridized carbons (Fsp3) is 0.529. The number of ether oxygens (including phenoxy) is 1. The van der Waals surface area contributed by atoms with Crippen LogP contribution in [0.1, 0.15) is 45.6 Å². The molecule has 110 valence electrons. The van der Waals surface area contributed by atoms with E-state index >= 15 is 0 Å². The lowest BCUT2D eigenvalue weighted by molar-refractivity contribution is -0.146. The summed E-state index contributed by atoms with van der Waals surface area (Å²) in [5.74, 6) is 0.227. The molecule has 0 fully saturated rings. The predicted molar refractivity (Wildman–Crippen MR) is 81.8 cm³/mol. The Morgan fingerprint density at radius 2 is 1.85 bits per heavy atom. The molecule has 1 N–H and O–H groups in total. The highest BCUT2D eigenvalue weighted by Crippen LogP contribution is 2.24. The van der Waals surface area contributed by atoms with Crippen molar-refractivity contribution in [2.24, 2.45) is 11.8 Å². The Balaban J connectivity index is 2.49. The van der Waals surface area contributed by atoms with Gasteiger partial charge in [-0.15, -0.1) is 0 Å². The van der Waals surface area contributed by atoms with Crippen molar-refractivity contribution in [3.05, 3.63) is 35.9 Å². The van der Waals surface area contributed by atoms with Gasteiger partial charge < -0.3 is 10.1 Å². The van der Waals surface area contributed by atoms with E-state index in [-0.39, 0.29) is 17.8 Å². The molecule has 0 aromatic heterocycles. The van der Waals surface area contributed by atoms with Crippen LogP contribution in [0.25, 0.3) is 0 Å². The van der Waals surface area contributed by atoms with E-state index in [1.165, 1.54) is 0 Å². The van der Waals surface area contributed by atoms with Gasteiger partial charge in [0.05, 0.1) is 0 Å². The minimum absolute atomic E-state index is 0.166. The van der Waals surface area contributed by atoms with Gasteiger partial charge in [-0.05, 0) is 30.7 Å². The summed E-state index contributed by atoms with van der Waals surface area (Å²) in [6, 6.07) is 9.70. The summed E-state index contributed by atoms with van der Waals surface area (Å²) in [5.41, 5.74) is 1.67. The first-order valence-corrected chi connectivity index (χ1v) is 7.33. The van der Waals surface area contributed by atoms with E-state index in [9.17, 15) is 4.79 Å². The highest BCUT2D eigenvalue weighted by molar-refractivity contribution is 5.82. The molecule has 0 aliphatic rings. The third-order valence-electron chi connectivity index (χ3n) is 3.76. The van der Waals surface area contributed by atoms with Crippen molar-refractivity contribution in [2.45, 2.75) is 46.6 Å². The summed E-state index contributed by atoms with van der Waals surface area (Å²) < 4.78 is 5.33. The molecule has 2 atom stereocenters. The first-order chi connectivity index (χ1) is 9.58. The number of hydrogen-bond acceptors (Lipinski definition) is 3. The maximum atomic E-state index is 11.9. The van der Waals surface area contributed by atoms with E-state index < -0.39 is 0 Å². The highest BCUT2D eigenvalue weighted by atomic mass is 16.5. The van der Waals surface area contributed by atoms with E-state index in [4.69, 9.17) is 10.1 Å². The lowest BCUT2D eigenvalue weighted by atomic mass is 9.82. The SMILES string of the molecule is CCC(CC(=O)OCc1ccccc1)[C@H](CC)C(C)=N. The van der Waals surface area contributed by atoms with Crippen LogP contribution in [0.2, 0.25) is 0 Å². The number of esters is 1. The molecular weight excluding hydrogens is 250 g/mol. The van der Waals surface area contributed by atoms with Gasteiger partial charge in [0.2, 0.25) is 0 Å². The lowest BCUT2D eigenvalue weighted by Gasteiger charge is -2.23. The van der Waals surface area contributed by atoms with Crippen molar-refractivity contribution in [3.63, 3.8) is 0 Å². The van der Waals surface area contributed by atoms with E-state index in [0.29, 0.717) is 18.7 Å². The van der Waals surface area contributed by atoms with Gasteiger partial charge in [-0.25, -0.2) is 0 Å². The Labute approximate surface area is 121 Å². The molecule has 1 aromatic carbocycles. The second-order valence-electron chi connectivity index (χ2n) is 5.22. The fourth-order valence-corrected chi connectivity index (χ4v) is 2.58. The van der Waals surface area contributed by atoms with Crippen molar-refractivity contribution in [3.8, 4) is 0 Å². The molecule has 0 heterocycles. The second kappa shape index (κ2) is 8.51. The van der Waals surface area contributed by atoms with Crippen LogP contribution in [0.5, 0.6) is 0 Å². The number of nitrogens with one attached hydrogen (secondary N) is 1. The summed E-state index contributed by atoms with van der Waals surface area (Å²) >= 11 is 0. The minimum atomic E-state index is -0.166. The van der Waals surface area contributed by atoms with E-state index in [0.717, 1.165) is 18.4 Å². The van der Waals surface area contributed by atoms with E-state index in [1.54, 1.807) is 0 Å². The number of benzene rings is 1. The molecule has 0 amide bonds. The summed E-state index contributed by atoms with van der Waals surface area (Å²) in [6.07, 6.45) is 2.20. The fourth-order valence-electron chi connectivity index (χ4n) is 2.58. The standard InChI is InChI=1S/C17H25NO2/c1-4-15(16(5-2)13(3)18)11-17(19)20-12-14-9-7-6-8-10-14/h6-10,15-16,18H,4-5,11-12H2,1-3H3/t15?,16-/m1/s1. The topological polar surface area (TPSA) is 50.2 Å². The summed E-state index contributed by atoms with van der Waals surface area (Å²) in [4.78, 5) is 11.9. The molecule has 0 radical (unpaired) electrons. The van der Waals surface area contributed by atoms with Crippen molar-refractivity contribution < 1.29 is 9.53 Å². The summed E-state index contributed by atoms with van der Waals surface area (Å²) in [6.45, 7) is 6.30. The van der Waals surface area contributed by atoms with Crippen molar-refractivity contribution in [2.75, 3.05) is 0 Å². The smallest absolute Gasteiger partial charge is 0.306 e. The van der Waals surface area contributed by atoms with E-state index in [1.807, 2.05) is 37.3 Å². The maximum absolute atomic E-state index is 11.9. The molecule has 1 aromatic rings. The van der Waals surface area contributed by atoms with Gasteiger partial charge in [0.15, 0.2) is 0 Å². The largest absolute Gasteiger partial charge is 0.461 e. The Kier molecular flexibility index (Phi) is 6.99. The van der Waals surface area contributed by atoms with Gasteiger partial charge in [-0.2, -0.15) is 0 Å². The molecule has 0 saturated heterocycles. The molecule has 1 unspecified atom stereocenters. The van der Waals surface area contributed by atoms with Crippen molar-refractivity contribution in [1.82, 2.24) is 0 Å². The molecule has 0 spiro atoms. The van der Waals surface area contributed by atoms with Crippen LogP contribution >= 0.6 is 0 Å². The molecule has 0 bridgehead atoms. The Morgan fingerprint density at radius 3 is 2.35 bits per heavy atom. The number of carbonyl (C=O) groups is 1. The molecular formula is C17H25NO2. The maximum Gasteiger partial charge on any atom is 0.306 e. The number of hydrogen-bond donors (Lipinski definition) is 1. The number of rotatable bonds is 8. The van der Waals surface area contributed by atoms with Crippen LogP contribution in [0, 0.1) is 17.2 Å². The molecule has 3 nitrogen and oxygen atoms in total. The monoisotopic (exact) mass is 275 g/mol. The Bertz CT molecular complexity index is 428. The second-order valence-corrected chi connectivity index (χ2v) is 5.22. The lowest BCUT2D eigenvalue weighted by Crippen LogP contribution is -2.23. The minimum Gasteiger partial charge on any atom is -0.461 e. The van der Waals surface area contributed by atoms with Crippen molar-refractivity contribution in [1.29, 1.82) is 5.41 Å². The summed E-state index contributed by atoms with van der Waals surface area (Å²) in [5, 5.41) is 7.81. The van der Waals surface area contributed by atoms with Crippen LogP contribution < -0.4 is 0 Å². The molecule has 1 rings (SSSR count). The van der Waals surface area contributed by atoms with Crippen LogP contribution in [0.4, 0.5) is 0 Å². The van der Waals surface area contributed by atoms with Gasteiger partial charge >= 0.3 is 5.97 Å². The molecule has 0 aliphatic carbocycles. The zero-order valence-corrected chi connectivity index (χ0v) is 12.7. The molecule has 3 heteroatoms. The van der Waals surface area contributed by atoms with E-state index in [2.05, 4.69) is 13.8 Å². The quantitative estimate of drug-likeness (QED) is 0.570. The number of carbonyl (C=O) groups excluding carboxylic acids is 1. The van der Waals surface area contributed by atoms with Crippen LogP contribution in [0.15, 0.2) is 30.3 Å². The zero-order chi connectivity index (χ0) is 15.0. The first-order valence-electron chi connectivity index (χ1n) is 7.33. The first kappa shape index (κ1) is 16.4. The van der Waals surface area contributed by atoms with Crippen LogP contribution in [-0.4, -0.2) is 11.7 Å². The van der Waals surface area contributed by atoms with Crippen LogP contribution in [-0.2, 0) is 16.1 Å².